The molecule has 1 aromatic carbocycles. The number of hydrogen-bond acceptors (Lipinski definition) is 4. The van der Waals surface area contributed by atoms with Crippen molar-refractivity contribution in [3.8, 4) is 0 Å². The van der Waals surface area contributed by atoms with E-state index in [2.05, 4.69) is 5.32 Å². The average molecular weight is 430 g/mol. The Morgan fingerprint density at radius 3 is 2.63 bits per heavy atom. The largest absolute Gasteiger partial charge is 0.416 e. The zero-order chi connectivity index (χ0) is 19.4. The van der Waals surface area contributed by atoms with Gasteiger partial charge in [0.25, 0.3) is 0 Å². The second-order valence-electron chi connectivity index (χ2n) is 6.13. The van der Waals surface area contributed by atoms with Gasteiger partial charge in [0.1, 0.15) is 0 Å². The fourth-order valence-corrected chi connectivity index (χ4v) is 4.65. The topological polar surface area (TPSA) is 92.5 Å². The minimum Gasteiger partial charge on any atom is -0.354 e. The van der Waals surface area contributed by atoms with Crippen LogP contribution in [0, 0.1) is 0 Å². The second-order valence-corrected chi connectivity index (χ2v) is 8.02. The van der Waals surface area contributed by atoms with Crippen molar-refractivity contribution in [2.24, 2.45) is 5.73 Å². The van der Waals surface area contributed by atoms with E-state index in [9.17, 15) is 26.4 Å². The molecule has 1 heterocycles. The van der Waals surface area contributed by atoms with E-state index in [-0.39, 0.29) is 44.4 Å². The van der Waals surface area contributed by atoms with E-state index in [4.69, 9.17) is 5.73 Å². The fraction of sp³-hybridized carbons (Fsp3) is 0.562. The van der Waals surface area contributed by atoms with Crippen molar-refractivity contribution >= 4 is 28.3 Å². The minimum atomic E-state index is -4.62. The van der Waals surface area contributed by atoms with Crippen LogP contribution in [0.4, 0.5) is 13.2 Å². The summed E-state index contributed by atoms with van der Waals surface area (Å²) in [5, 5.41) is 2.64. The number of rotatable bonds is 6. The Labute approximate surface area is 162 Å². The van der Waals surface area contributed by atoms with Gasteiger partial charge in [0.05, 0.1) is 10.5 Å². The van der Waals surface area contributed by atoms with Gasteiger partial charge >= 0.3 is 6.18 Å². The lowest BCUT2D eigenvalue weighted by Crippen LogP contribution is -2.49. The first-order valence-corrected chi connectivity index (χ1v) is 9.76. The molecule has 1 atom stereocenters. The van der Waals surface area contributed by atoms with E-state index in [1.54, 1.807) is 0 Å². The van der Waals surface area contributed by atoms with Crippen molar-refractivity contribution in [3.05, 3.63) is 29.8 Å². The number of piperidine rings is 1. The number of nitrogens with one attached hydrogen (secondary N) is 1. The van der Waals surface area contributed by atoms with Crippen LogP contribution < -0.4 is 11.1 Å². The van der Waals surface area contributed by atoms with Crippen molar-refractivity contribution in [3.63, 3.8) is 0 Å². The molecule has 0 spiro atoms. The molecule has 154 valence electrons. The number of nitrogens with two attached hydrogens (primary N) is 1. The predicted molar refractivity (Wildman–Crippen MR) is 96.9 cm³/mol. The highest BCUT2D eigenvalue weighted by atomic mass is 35.5. The monoisotopic (exact) mass is 429 g/mol. The summed E-state index contributed by atoms with van der Waals surface area (Å²) in [6.07, 6.45) is -2.56. The molecule has 27 heavy (non-hydrogen) atoms. The summed E-state index contributed by atoms with van der Waals surface area (Å²) in [7, 11) is -4.10. The number of carbonyl (C=O) groups excluding carboxylic acids is 1. The molecule has 1 saturated heterocycles. The molecule has 0 aliphatic carbocycles. The Bertz CT molecular complexity index is 744. The van der Waals surface area contributed by atoms with Gasteiger partial charge in [-0.3, -0.25) is 4.79 Å². The van der Waals surface area contributed by atoms with Crippen LogP contribution in [0.25, 0.3) is 0 Å². The van der Waals surface area contributed by atoms with Crippen LogP contribution in [0.1, 0.15) is 31.2 Å². The molecule has 1 aliphatic rings. The Kier molecular flexibility index (Phi) is 8.52. The maximum Gasteiger partial charge on any atom is 0.416 e. The lowest BCUT2D eigenvalue weighted by Gasteiger charge is -2.34. The maximum atomic E-state index is 12.9. The van der Waals surface area contributed by atoms with E-state index in [1.165, 1.54) is 4.31 Å². The highest BCUT2D eigenvalue weighted by Gasteiger charge is 2.36. The van der Waals surface area contributed by atoms with Gasteiger partial charge in [-0.2, -0.15) is 17.5 Å². The first-order valence-electron chi connectivity index (χ1n) is 8.32. The van der Waals surface area contributed by atoms with E-state index in [1.807, 2.05) is 0 Å². The number of alkyl halides is 3. The molecule has 1 amide bonds. The Hall–Kier alpha value is -1.36. The first-order chi connectivity index (χ1) is 12.2. The third kappa shape index (κ3) is 6.06. The summed E-state index contributed by atoms with van der Waals surface area (Å²) in [4.78, 5) is 11.2. The SMILES string of the molecule is Cl.NCCC(=O)NCC1CCCCN1S(=O)(=O)c1cccc(C(F)(F)F)c1. The highest BCUT2D eigenvalue weighted by Crippen LogP contribution is 2.32. The van der Waals surface area contributed by atoms with Crippen LogP contribution in [0.15, 0.2) is 29.2 Å². The highest BCUT2D eigenvalue weighted by molar-refractivity contribution is 7.89. The van der Waals surface area contributed by atoms with Gasteiger partial charge < -0.3 is 11.1 Å². The third-order valence-corrected chi connectivity index (χ3v) is 6.20. The number of halogens is 4. The predicted octanol–water partition coefficient (Wildman–Crippen LogP) is 2.14. The summed E-state index contributed by atoms with van der Waals surface area (Å²) in [6.45, 7) is 0.496. The molecule has 0 bridgehead atoms. The smallest absolute Gasteiger partial charge is 0.354 e. The number of benzene rings is 1. The molecule has 0 saturated carbocycles. The van der Waals surface area contributed by atoms with Crippen LogP contribution in [-0.2, 0) is 21.0 Å². The van der Waals surface area contributed by atoms with Crippen LogP contribution in [0.2, 0.25) is 0 Å². The first kappa shape index (κ1) is 23.7. The number of sulfonamides is 1. The fourth-order valence-electron chi connectivity index (χ4n) is 2.91. The van der Waals surface area contributed by atoms with E-state index in [0.717, 1.165) is 24.6 Å². The number of nitrogens with zero attached hydrogens (tertiary/aromatic N) is 1. The van der Waals surface area contributed by atoms with Crippen molar-refractivity contribution in [2.45, 2.75) is 42.8 Å². The Balaban J connectivity index is 0.00000364. The van der Waals surface area contributed by atoms with Gasteiger partial charge in [-0.1, -0.05) is 12.5 Å². The normalized spacial score (nSPS) is 18.6. The molecule has 2 rings (SSSR count). The van der Waals surface area contributed by atoms with Crippen molar-refractivity contribution in [1.29, 1.82) is 0 Å². The Morgan fingerprint density at radius 1 is 1.30 bits per heavy atom. The van der Waals surface area contributed by atoms with Crippen LogP contribution in [0.3, 0.4) is 0 Å². The molecule has 3 N–H and O–H groups in total. The van der Waals surface area contributed by atoms with Crippen LogP contribution in [-0.4, -0.2) is 44.3 Å². The van der Waals surface area contributed by atoms with Crippen molar-refractivity contribution in [1.82, 2.24) is 9.62 Å². The molecule has 1 unspecified atom stereocenters. The molecule has 1 aromatic rings. The number of carbonyl (C=O) groups is 1. The zero-order valence-electron chi connectivity index (χ0n) is 14.5. The Morgan fingerprint density at radius 2 is 2.00 bits per heavy atom. The molecular formula is C16H23ClF3N3O3S. The number of amides is 1. The molecule has 1 fully saturated rings. The summed E-state index contributed by atoms with van der Waals surface area (Å²) in [6, 6.07) is 3.22. The van der Waals surface area contributed by atoms with E-state index < -0.39 is 32.7 Å². The van der Waals surface area contributed by atoms with Gasteiger partial charge in [-0.15, -0.1) is 12.4 Å². The van der Waals surface area contributed by atoms with Crippen LogP contribution in [0.5, 0.6) is 0 Å². The molecule has 0 aromatic heterocycles. The quantitative estimate of drug-likeness (QED) is 0.724. The third-order valence-electron chi connectivity index (χ3n) is 4.25. The van der Waals surface area contributed by atoms with Crippen molar-refractivity contribution in [2.75, 3.05) is 19.6 Å². The standard InChI is InChI=1S/C16H22F3N3O3S.ClH/c17-16(18,19)12-4-3-6-14(10-12)26(24,25)22-9-2-1-5-13(22)11-21-15(23)7-8-20;/h3-4,6,10,13H,1-2,5,7-9,11,20H2,(H,21,23);1H. The van der Waals surface area contributed by atoms with Gasteiger partial charge in [0.15, 0.2) is 0 Å². The molecular weight excluding hydrogens is 407 g/mol. The van der Waals surface area contributed by atoms with Crippen LogP contribution >= 0.6 is 12.4 Å². The second kappa shape index (κ2) is 9.72. The number of hydrogen-bond donors (Lipinski definition) is 2. The lowest BCUT2D eigenvalue weighted by atomic mass is 10.1. The van der Waals surface area contributed by atoms with Gasteiger partial charge in [-0.05, 0) is 31.0 Å². The minimum absolute atomic E-state index is 0. The summed E-state index contributed by atoms with van der Waals surface area (Å²) in [5.74, 6) is -0.283. The summed E-state index contributed by atoms with van der Waals surface area (Å²) < 4.78 is 65.6. The molecule has 11 heteroatoms. The molecule has 1 aliphatic heterocycles. The summed E-state index contributed by atoms with van der Waals surface area (Å²) in [5.41, 5.74) is 4.29. The lowest BCUT2D eigenvalue weighted by molar-refractivity contribution is -0.137. The van der Waals surface area contributed by atoms with E-state index >= 15 is 0 Å². The van der Waals surface area contributed by atoms with Gasteiger partial charge in [0.2, 0.25) is 15.9 Å². The average Bonchev–Trinajstić information content (AvgIpc) is 2.60. The maximum absolute atomic E-state index is 12.9. The van der Waals surface area contributed by atoms with E-state index in [0.29, 0.717) is 18.9 Å². The van der Waals surface area contributed by atoms with Gasteiger partial charge in [0, 0.05) is 32.1 Å². The van der Waals surface area contributed by atoms with Gasteiger partial charge in [-0.25, -0.2) is 8.42 Å². The molecule has 6 nitrogen and oxygen atoms in total. The summed E-state index contributed by atoms with van der Waals surface area (Å²) >= 11 is 0. The zero-order valence-corrected chi connectivity index (χ0v) is 16.2. The van der Waals surface area contributed by atoms with Crippen molar-refractivity contribution < 1.29 is 26.4 Å². The molecule has 0 radical (unpaired) electrons.